The Bertz CT molecular complexity index is 349. The fourth-order valence-corrected chi connectivity index (χ4v) is 1.43. The van der Waals surface area contributed by atoms with Crippen LogP contribution in [0.3, 0.4) is 0 Å². The van der Waals surface area contributed by atoms with Gasteiger partial charge in [-0.1, -0.05) is 11.6 Å². The fraction of sp³-hybridized carbons (Fsp3) is 0.400. The number of halogens is 1. The SMILES string of the molecule is Cc1ccc(NCC(O)CCl)cc1B(O)O. The van der Waals surface area contributed by atoms with Gasteiger partial charge in [-0.05, 0) is 24.5 Å². The summed E-state index contributed by atoms with van der Waals surface area (Å²) < 4.78 is 0. The molecule has 6 heteroatoms. The lowest BCUT2D eigenvalue weighted by Crippen LogP contribution is -2.32. The second-order valence-electron chi connectivity index (χ2n) is 3.63. The standard InChI is InChI=1S/C10H15BClNO3/c1-7-2-3-8(4-10(7)11(15)16)13-6-9(14)5-12/h2-4,9,13-16H,5-6H2,1H3. The van der Waals surface area contributed by atoms with Crippen molar-refractivity contribution in [3.63, 3.8) is 0 Å². The Hall–Kier alpha value is -0.745. The van der Waals surface area contributed by atoms with Gasteiger partial charge in [-0.3, -0.25) is 0 Å². The molecule has 0 fully saturated rings. The summed E-state index contributed by atoms with van der Waals surface area (Å²) in [4.78, 5) is 0. The van der Waals surface area contributed by atoms with E-state index in [-0.39, 0.29) is 5.88 Å². The van der Waals surface area contributed by atoms with Crippen LogP contribution in [0.2, 0.25) is 0 Å². The highest BCUT2D eigenvalue weighted by Gasteiger charge is 2.14. The average Bonchev–Trinajstić information content (AvgIpc) is 2.27. The molecule has 1 atom stereocenters. The molecular formula is C10H15BClNO3. The molecule has 0 radical (unpaired) electrons. The van der Waals surface area contributed by atoms with Gasteiger partial charge in [0.1, 0.15) is 0 Å². The van der Waals surface area contributed by atoms with Crippen molar-refractivity contribution in [3.8, 4) is 0 Å². The normalized spacial score (nSPS) is 12.3. The predicted octanol–water partition coefficient (Wildman–Crippen LogP) is -0.314. The second-order valence-corrected chi connectivity index (χ2v) is 3.94. The molecule has 0 bridgehead atoms. The molecule has 0 aliphatic carbocycles. The molecule has 0 heterocycles. The molecule has 4 N–H and O–H groups in total. The molecule has 1 aromatic rings. The van der Waals surface area contributed by atoms with Crippen LogP contribution in [-0.2, 0) is 0 Å². The van der Waals surface area contributed by atoms with E-state index in [1.165, 1.54) is 0 Å². The Labute approximate surface area is 100 Å². The van der Waals surface area contributed by atoms with Crippen LogP contribution in [0.5, 0.6) is 0 Å². The van der Waals surface area contributed by atoms with Gasteiger partial charge in [-0.25, -0.2) is 0 Å². The Balaban J connectivity index is 2.71. The third-order valence-corrected chi connectivity index (χ3v) is 2.63. The van der Waals surface area contributed by atoms with Gasteiger partial charge in [0.05, 0.1) is 12.0 Å². The summed E-state index contributed by atoms with van der Waals surface area (Å²) in [6.07, 6.45) is -0.620. The second kappa shape index (κ2) is 6.10. The number of rotatable bonds is 5. The van der Waals surface area contributed by atoms with E-state index in [9.17, 15) is 5.11 Å². The summed E-state index contributed by atoms with van der Waals surface area (Å²) >= 11 is 5.46. The number of aliphatic hydroxyl groups excluding tert-OH is 1. The Kier molecular flexibility index (Phi) is 5.08. The van der Waals surface area contributed by atoms with E-state index in [1.54, 1.807) is 19.1 Å². The molecule has 0 aliphatic rings. The number of anilines is 1. The van der Waals surface area contributed by atoms with Crippen molar-refractivity contribution >= 4 is 29.9 Å². The first-order valence-corrected chi connectivity index (χ1v) is 5.52. The molecule has 0 aromatic heterocycles. The number of nitrogens with one attached hydrogen (secondary N) is 1. The molecular weight excluding hydrogens is 228 g/mol. The van der Waals surface area contributed by atoms with Crippen LogP contribution in [-0.4, -0.2) is 40.8 Å². The highest BCUT2D eigenvalue weighted by molar-refractivity contribution is 6.59. The van der Waals surface area contributed by atoms with Crippen LogP contribution >= 0.6 is 11.6 Å². The van der Waals surface area contributed by atoms with Gasteiger partial charge < -0.3 is 20.5 Å². The van der Waals surface area contributed by atoms with Gasteiger partial charge in [0, 0.05) is 12.2 Å². The van der Waals surface area contributed by atoms with Crippen LogP contribution in [0.4, 0.5) is 5.69 Å². The zero-order valence-electron chi connectivity index (χ0n) is 9.02. The van der Waals surface area contributed by atoms with Crippen molar-refractivity contribution in [2.45, 2.75) is 13.0 Å². The molecule has 0 amide bonds. The van der Waals surface area contributed by atoms with E-state index in [0.29, 0.717) is 12.0 Å². The summed E-state index contributed by atoms with van der Waals surface area (Å²) in [6, 6.07) is 5.23. The van der Waals surface area contributed by atoms with Crippen LogP contribution in [0.25, 0.3) is 0 Å². The van der Waals surface area contributed by atoms with Gasteiger partial charge in [0.15, 0.2) is 0 Å². The molecule has 16 heavy (non-hydrogen) atoms. The molecule has 1 rings (SSSR count). The first kappa shape index (κ1) is 13.3. The van der Waals surface area contributed by atoms with E-state index < -0.39 is 13.2 Å². The molecule has 1 aromatic carbocycles. The number of hydrogen-bond donors (Lipinski definition) is 4. The maximum Gasteiger partial charge on any atom is 0.488 e. The van der Waals surface area contributed by atoms with Crippen molar-refractivity contribution in [2.24, 2.45) is 0 Å². The van der Waals surface area contributed by atoms with Crippen molar-refractivity contribution in [1.29, 1.82) is 0 Å². The summed E-state index contributed by atoms with van der Waals surface area (Å²) in [5.41, 5.74) is 1.97. The monoisotopic (exact) mass is 243 g/mol. The van der Waals surface area contributed by atoms with E-state index in [4.69, 9.17) is 21.6 Å². The van der Waals surface area contributed by atoms with Crippen molar-refractivity contribution in [1.82, 2.24) is 0 Å². The lowest BCUT2D eigenvalue weighted by atomic mass is 9.77. The topological polar surface area (TPSA) is 72.7 Å². The first-order chi connectivity index (χ1) is 7.54. The van der Waals surface area contributed by atoms with Crippen LogP contribution in [0.15, 0.2) is 18.2 Å². The number of aryl methyl sites for hydroxylation is 1. The van der Waals surface area contributed by atoms with Gasteiger partial charge >= 0.3 is 7.12 Å². The van der Waals surface area contributed by atoms with E-state index >= 15 is 0 Å². The summed E-state index contributed by atoms with van der Waals surface area (Å²) in [5.74, 6) is 0.161. The average molecular weight is 243 g/mol. The van der Waals surface area contributed by atoms with E-state index in [1.807, 2.05) is 6.07 Å². The summed E-state index contributed by atoms with van der Waals surface area (Å²) in [6.45, 7) is 2.12. The fourth-order valence-electron chi connectivity index (χ4n) is 1.32. The molecule has 1 unspecified atom stereocenters. The summed E-state index contributed by atoms with van der Waals surface area (Å²) in [7, 11) is -1.49. The number of aliphatic hydroxyl groups is 1. The third kappa shape index (κ3) is 3.68. The Morgan fingerprint density at radius 3 is 2.69 bits per heavy atom. The minimum atomic E-state index is -1.49. The van der Waals surface area contributed by atoms with Gasteiger partial charge in [-0.2, -0.15) is 0 Å². The highest BCUT2D eigenvalue weighted by Crippen LogP contribution is 2.07. The largest absolute Gasteiger partial charge is 0.488 e. The quantitative estimate of drug-likeness (QED) is 0.423. The molecule has 4 nitrogen and oxygen atoms in total. The molecule has 88 valence electrons. The minimum Gasteiger partial charge on any atom is -0.423 e. The lowest BCUT2D eigenvalue weighted by molar-refractivity contribution is 0.211. The predicted molar refractivity (Wildman–Crippen MR) is 66.2 cm³/mol. The smallest absolute Gasteiger partial charge is 0.423 e. The summed E-state index contributed by atoms with van der Waals surface area (Å²) in [5, 5.41) is 30.4. The van der Waals surface area contributed by atoms with E-state index in [0.717, 1.165) is 11.3 Å². The van der Waals surface area contributed by atoms with Gasteiger partial charge in [-0.15, -0.1) is 11.6 Å². The van der Waals surface area contributed by atoms with Crippen molar-refractivity contribution < 1.29 is 15.2 Å². The zero-order valence-corrected chi connectivity index (χ0v) is 9.78. The van der Waals surface area contributed by atoms with Gasteiger partial charge in [0.2, 0.25) is 0 Å². The maximum atomic E-state index is 9.26. The van der Waals surface area contributed by atoms with E-state index in [2.05, 4.69) is 5.32 Å². The first-order valence-electron chi connectivity index (χ1n) is 4.99. The lowest BCUT2D eigenvalue weighted by Gasteiger charge is -2.12. The van der Waals surface area contributed by atoms with Crippen LogP contribution in [0.1, 0.15) is 5.56 Å². The molecule has 0 saturated heterocycles. The highest BCUT2D eigenvalue weighted by atomic mass is 35.5. The Morgan fingerprint density at radius 1 is 1.44 bits per heavy atom. The molecule has 0 saturated carbocycles. The minimum absolute atomic E-state index is 0.161. The molecule has 0 spiro atoms. The zero-order chi connectivity index (χ0) is 12.1. The maximum absolute atomic E-state index is 9.26. The number of benzene rings is 1. The van der Waals surface area contributed by atoms with Crippen LogP contribution in [0, 0.1) is 6.92 Å². The number of hydrogen-bond acceptors (Lipinski definition) is 4. The van der Waals surface area contributed by atoms with Crippen LogP contribution < -0.4 is 10.8 Å². The van der Waals surface area contributed by atoms with Gasteiger partial charge in [0.25, 0.3) is 0 Å². The third-order valence-electron chi connectivity index (χ3n) is 2.28. The van der Waals surface area contributed by atoms with Crippen molar-refractivity contribution in [2.75, 3.05) is 17.7 Å². The molecule has 0 aliphatic heterocycles. The Morgan fingerprint density at radius 2 is 2.12 bits per heavy atom. The van der Waals surface area contributed by atoms with Crippen molar-refractivity contribution in [3.05, 3.63) is 23.8 Å². The number of alkyl halides is 1.